The summed E-state index contributed by atoms with van der Waals surface area (Å²) < 4.78 is 24.2. The summed E-state index contributed by atoms with van der Waals surface area (Å²) in [6, 6.07) is 35.7. The van der Waals surface area contributed by atoms with Crippen LogP contribution >= 0.6 is 22.9 Å². The SMILES string of the molecule is CO/N=C(\C(=O)N[C@@H]1C(=O)N2C(C(=O)OCc3ccc(OC)cc3)=C(CCl)CS(=O)[C@H]12)c1csc(NC(c2ccccc2)(c2ccccc2)c2ccccc2)n1. The number of fused-ring (bicyclic) bond motifs is 1. The van der Waals surface area contributed by atoms with Gasteiger partial charge in [-0.05, 0) is 40.0 Å². The van der Waals surface area contributed by atoms with Crippen molar-refractivity contribution in [2.24, 2.45) is 5.16 Å². The summed E-state index contributed by atoms with van der Waals surface area (Å²) in [5, 5.41) is 11.4. The van der Waals surface area contributed by atoms with Gasteiger partial charge in [-0.2, -0.15) is 0 Å². The Morgan fingerprint density at radius 3 is 2.05 bits per heavy atom. The lowest BCUT2D eigenvalue weighted by Crippen LogP contribution is -2.74. The van der Waals surface area contributed by atoms with Crippen molar-refractivity contribution < 1.29 is 32.9 Å². The molecule has 0 radical (unpaired) electrons. The van der Waals surface area contributed by atoms with Crippen LogP contribution in [0.1, 0.15) is 27.9 Å². The summed E-state index contributed by atoms with van der Waals surface area (Å²) in [6.07, 6.45) is 0. The van der Waals surface area contributed by atoms with E-state index in [1.165, 1.54) is 18.4 Å². The molecule has 3 atom stereocenters. The third-order valence-electron chi connectivity index (χ3n) is 9.43. The molecular weight excluding hydrogens is 774 g/mol. The van der Waals surface area contributed by atoms with Crippen molar-refractivity contribution in [3.8, 4) is 5.75 Å². The maximum atomic E-state index is 13.9. The molecule has 12 nitrogen and oxygen atoms in total. The van der Waals surface area contributed by atoms with Crippen LogP contribution in [0.2, 0.25) is 0 Å². The van der Waals surface area contributed by atoms with Crippen LogP contribution in [0.15, 0.2) is 137 Å². The van der Waals surface area contributed by atoms with Crippen LogP contribution in [0, 0.1) is 0 Å². The molecule has 56 heavy (non-hydrogen) atoms. The van der Waals surface area contributed by atoms with E-state index in [2.05, 4.69) is 15.8 Å². The van der Waals surface area contributed by atoms with Gasteiger partial charge < -0.3 is 24.9 Å². The number of rotatable bonds is 14. The predicted octanol–water partition coefficient (Wildman–Crippen LogP) is 5.56. The van der Waals surface area contributed by atoms with Crippen molar-refractivity contribution >= 4 is 62.4 Å². The van der Waals surface area contributed by atoms with Gasteiger partial charge in [0.2, 0.25) is 0 Å². The Morgan fingerprint density at radius 2 is 1.52 bits per heavy atom. The molecule has 4 aromatic carbocycles. The van der Waals surface area contributed by atoms with Gasteiger partial charge in [0, 0.05) is 11.3 Å². The van der Waals surface area contributed by atoms with Gasteiger partial charge in [-0.3, -0.25) is 18.7 Å². The van der Waals surface area contributed by atoms with E-state index in [4.69, 9.17) is 30.9 Å². The molecule has 1 unspecified atom stereocenters. The number of benzene rings is 4. The molecule has 0 aliphatic carbocycles. The number of alkyl halides is 1. The number of hydrogen-bond donors (Lipinski definition) is 2. The van der Waals surface area contributed by atoms with E-state index in [9.17, 15) is 18.6 Å². The van der Waals surface area contributed by atoms with E-state index in [1.54, 1.807) is 36.8 Å². The molecule has 1 saturated heterocycles. The lowest BCUT2D eigenvalue weighted by atomic mass is 9.77. The minimum Gasteiger partial charge on any atom is -0.497 e. The second kappa shape index (κ2) is 16.9. The first-order valence-corrected chi connectivity index (χ1v) is 20.2. The fourth-order valence-corrected chi connectivity index (χ4v) is 9.54. The molecule has 1 fully saturated rings. The summed E-state index contributed by atoms with van der Waals surface area (Å²) >= 11 is 7.43. The Kier molecular flexibility index (Phi) is 11.6. The normalized spacial score (nSPS) is 18.1. The summed E-state index contributed by atoms with van der Waals surface area (Å²) in [5.74, 6) is -1.80. The Labute approximate surface area is 334 Å². The molecule has 2 amide bonds. The van der Waals surface area contributed by atoms with Gasteiger partial charge in [-0.25, -0.2) is 9.78 Å². The standard InChI is InChI=1S/C41H36ClN5O7S2/c1-52-31-20-18-26(19-21-31)23-54-39(50)35-27(22-42)25-56(51)38-34(37(49)47(35)38)44-36(48)33(46-53-2)32-24-55-40(43-32)45-41(28-12-6-3-7-13-28,29-14-8-4-9-15-29)30-16-10-5-11-17-30/h3-21,24,34,38H,22-23,25H2,1-2H3,(H,43,45)(H,44,48)/b46-33-/t34-,38-,56?/m1/s1. The number of halogens is 1. The Hall–Kier alpha value is -5.83. The number of oxime groups is 1. The lowest BCUT2D eigenvalue weighted by molar-refractivity contribution is -0.153. The quantitative estimate of drug-likeness (QED) is 0.0368. The van der Waals surface area contributed by atoms with Crippen molar-refractivity contribution in [2.75, 3.05) is 31.2 Å². The highest BCUT2D eigenvalue weighted by atomic mass is 35.5. The first-order chi connectivity index (χ1) is 27.3. The molecule has 0 saturated carbocycles. The highest BCUT2D eigenvalue weighted by Crippen LogP contribution is 2.41. The number of nitrogens with zero attached hydrogens (tertiary/aromatic N) is 3. The molecule has 1 aromatic heterocycles. The number of hydrogen-bond acceptors (Lipinski definition) is 11. The van der Waals surface area contributed by atoms with Crippen molar-refractivity contribution in [1.29, 1.82) is 0 Å². The monoisotopic (exact) mass is 809 g/mol. The van der Waals surface area contributed by atoms with Crippen LogP contribution in [0.5, 0.6) is 5.75 Å². The first-order valence-electron chi connectivity index (χ1n) is 17.4. The molecule has 286 valence electrons. The van der Waals surface area contributed by atoms with Gasteiger partial charge in [-0.15, -0.1) is 22.9 Å². The second-order valence-corrected chi connectivity index (χ2v) is 15.4. The number of thiazole rings is 1. The molecule has 0 bridgehead atoms. The second-order valence-electron chi connectivity index (χ2n) is 12.7. The molecule has 7 rings (SSSR count). The zero-order valence-corrected chi connectivity index (χ0v) is 32.6. The largest absolute Gasteiger partial charge is 0.497 e. The van der Waals surface area contributed by atoms with E-state index in [0.29, 0.717) is 22.0 Å². The molecule has 5 aromatic rings. The van der Waals surface area contributed by atoms with Gasteiger partial charge >= 0.3 is 5.97 Å². The van der Waals surface area contributed by atoms with E-state index in [0.717, 1.165) is 21.6 Å². The number of carbonyl (C=O) groups excluding carboxylic acids is 3. The topological polar surface area (TPSA) is 149 Å². The van der Waals surface area contributed by atoms with Crippen LogP contribution in [0.25, 0.3) is 0 Å². The molecule has 0 spiro atoms. The highest BCUT2D eigenvalue weighted by molar-refractivity contribution is 7.86. The fourth-order valence-electron chi connectivity index (χ4n) is 6.77. The van der Waals surface area contributed by atoms with Crippen LogP contribution < -0.4 is 15.4 Å². The Balaban J connectivity index is 1.12. The number of carbonyl (C=O) groups is 3. The first kappa shape index (κ1) is 38.4. The predicted molar refractivity (Wildman–Crippen MR) is 215 cm³/mol. The molecule has 2 aliphatic rings. The third kappa shape index (κ3) is 7.42. The lowest BCUT2D eigenvalue weighted by Gasteiger charge is -2.49. The maximum absolute atomic E-state index is 13.9. The number of aromatic nitrogens is 1. The van der Waals surface area contributed by atoms with E-state index in [-0.39, 0.29) is 35.3 Å². The zero-order chi connectivity index (χ0) is 39.2. The van der Waals surface area contributed by atoms with Crippen molar-refractivity contribution in [1.82, 2.24) is 15.2 Å². The minimum absolute atomic E-state index is 0.0756. The number of β-lactam (4-membered cyclic amide) rings is 1. The number of ether oxygens (including phenoxy) is 2. The van der Waals surface area contributed by atoms with Crippen molar-refractivity contribution in [3.05, 3.63) is 160 Å². The van der Waals surface area contributed by atoms with Gasteiger partial charge in [0.05, 0.1) is 23.7 Å². The molecule has 3 heterocycles. The average molecular weight is 810 g/mol. The van der Waals surface area contributed by atoms with Crippen LogP contribution in [0.3, 0.4) is 0 Å². The van der Waals surface area contributed by atoms with Gasteiger partial charge in [-0.1, -0.05) is 108 Å². The molecule has 2 N–H and O–H groups in total. The number of amides is 2. The number of methoxy groups -OCH3 is 1. The zero-order valence-electron chi connectivity index (χ0n) is 30.2. The van der Waals surface area contributed by atoms with Crippen molar-refractivity contribution in [2.45, 2.75) is 23.6 Å². The summed E-state index contributed by atoms with van der Waals surface area (Å²) in [4.78, 5) is 51.9. The third-order valence-corrected chi connectivity index (χ3v) is 12.2. The smallest absolute Gasteiger partial charge is 0.355 e. The van der Waals surface area contributed by atoms with E-state index >= 15 is 0 Å². The van der Waals surface area contributed by atoms with Crippen LogP contribution in [-0.4, -0.2) is 74.9 Å². The highest BCUT2D eigenvalue weighted by Gasteiger charge is 2.57. The van der Waals surface area contributed by atoms with Crippen LogP contribution in [0.4, 0.5) is 5.13 Å². The number of esters is 1. The summed E-state index contributed by atoms with van der Waals surface area (Å²) in [7, 11) is 1.14. The van der Waals surface area contributed by atoms with Gasteiger partial charge in [0.15, 0.2) is 10.8 Å². The van der Waals surface area contributed by atoms with E-state index < -0.39 is 45.5 Å². The number of nitrogens with one attached hydrogen (secondary N) is 2. The van der Waals surface area contributed by atoms with Gasteiger partial charge in [0.25, 0.3) is 11.8 Å². The summed E-state index contributed by atoms with van der Waals surface area (Å²) in [6.45, 7) is -0.0810. The minimum atomic E-state index is -1.70. The van der Waals surface area contributed by atoms with E-state index in [1.807, 2.05) is 91.0 Å². The number of anilines is 1. The summed E-state index contributed by atoms with van der Waals surface area (Å²) in [5.41, 5.74) is 2.90. The average Bonchev–Trinajstić information content (AvgIpc) is 3.71. The van der Waals surface area contributed by atoms with Crippen molar-refractivity contribution in [3.63, 3.8) is 0 Å². The molecular formula is C41H36ClN5O7S2. The fraction of sp³-hybridized carbons (Fsp3) is 0.195. The Morgan fingerprint density at radius 1 is 0.929 bits per heavy atom. The van der Waals surface area contributed by atoms with Crippen LogP contribution in [-0.2, 0) is 46.9 Å². The molecule has 2 aliphatic heterocycles. The Bertz CT molecular complexity index is 2210. The maximum Gasteiger partial charge on any atom is 0.355 e. The molecule has 15 heteroatoms. The van der Waals surface area contributed by atoms with Gasteiger partial charge in [0.1, 0.15) is 47.8 Å².